The van der Waals surface area contributed by atoms with Gasteiger partial charge in [-0.25, -0.2) is 0 Å². The Hall–Kier alpha value is -0.830. The highest BCUT2D eigenvalue weighted by molar-refractivity contribution is 9.09. The van der Waals surface area contributed by atoms with Crippen LogP contribution in [0.25, 0.3) is 0 Å². The summed E-state index contributed by atoms with van der Waals surface area (Å²) in [5, 5.41) is 0.824. The predicted molar refractivity (Wildman–Crippen MR) is 79.7 cm³/mol. The van der Waals surface area contributed by atoms with E-state index in [-0.39, 0.29) is 11.8 Å². The molecule has 100 valence electrons. The van der Waals surface area contributed by atoms with Gasteiger partial charge in [0.05, 0.1) is 0 Å². The highest BCUT2D eigenvalue weighted by atomic mass is 79.9. The van der Waals surface area contributed by atoms with E-state index in [2.05, 4.69) is 35.0 Å². The monoisotopic (exact) mass is 311 g/mol. The molecule has 0 aliphatic heterocycles. The fraction of sp³-hybridized carbons (Fsp3) is 0.533. The lowest BCUT2D eigenvalue weighted by Gasteiger charge is -2.25. The molecule has 0 aromatic heterocycles. The van der Waals surface area contributed by atoms with E-state index in [1.54, 1.807) is 0 Å². The van der Waals surface area contributed by atoms with Crippen LogP contribution in [0, 0.1) is 5.92 Å². The highest BCUT2D eigenvalue weighted by Gasteiger charge is 2.19. The van der Waals surface area contributed by atoms with E-state index in [1.165, 1.54) is 5.56 Å². The van der Waals surface area contributed by atoms with Crippen molar-refractivity contribution in [2.45, 2.75) is 33.2 Å². The van der Waals surface area contributed by atoms with E-state index in [1.807, 2.05) is 30.0 Å². The SMILES string of the molecule is CCCC(C)C(=O)N(CCBr)Cc1ccccc1. The quantitative estimate of drug-likeness (QED) is 0.700. The van der Waals surface area contributed by atoms with Crippen LogP contribution in [0.15, 0.2) is 30.3 Å². The minimum absolute atomic E-state index is 0.123. The number of hydrogen-bond acceptors (Lipinski definition) is 1. The number of hydrogen-bond donors (Lipinski definition) is 0. The van der Waals surface area contributed by atoms with E-state index in [0.717, 1.165) is 24.7 Å². The summed E-state index contributed by atoms with van der Waals surface area (Å²) in [4.78, 5) is 14.3. The van der Waals surface area contributed by atoms with Crippen LogP contribution in [-0.4, -0.2) is 22.7 Å². The van der Waals surface area contributed by atoms with Gasteiger partial charge in [0.15, 0.2) is 0 Å². The van der Waals surface area contributed by atoms with Gasteiger partial charge < -0.3 is 4.90 Å². The third-order valence-electron chi connectivity index (χ3n) is 3.03. The Morgan fingerprint density at radius 3 is 2.56 bits per heavy atom. The predicted octanol–water partition coefficient (Wildman–Crippen LogP) is 3.85. The molecule has 0 saturated carbocycles. The standard InChI is InChI=1S/C15H22BrNO/c1-3-7-13(2)15(18)17(11-10-16)12-14-8-5-4-6-9-14/h4-6,8-9,13H,3,7,10-12H2,1-2H3. The first-order valence-corrected chi connectivity index (χ1v) is 7.69. The Balaban J connectivity index is 2.67. The first kappa shape index (κ1) is 15.2. The zero-order valence-corrected chi connectivity index (χ0v) is 12.8. The summed E-state index contributed by atoms with van der Waals surface area (Å²) in [6, 6.07) is 10.2. The van der Waals surface area contributed by atoms with Gasteiger partial charge in [0.1, 0.15) is 0 Å². The number of rotatable bonds is 7. The highest BCUT2D eigenvalue weighted by Crippen LogP contribution is 2.13. The van der Waals surface area contributed by atoms with Crippen molar-refractivity contribution in [1.29, 1.82) is 0 Å². The Kier molecular flexibility index (Phi) is 7.02. The Bertz CT molecular complexity index is 353. The Morgan fingerprint density at radius 1 is 1.33 bits per heavy atom. The van der Waals surface area contributed by atoms with Crippen LogP contribution in [-0.2, 0) is 11.3 Å². The molecule has 2 nitrogen and oxygen atoms in total. The van der Waals surface area contributed by atoms with Crippen LogP contribution < -0.4 is 0 Å². The molecule has 0 radical (unpaired) electrons. The molecular formula is C15H22BrNO. The molecule has 0 fully saturated rings. The van der Waals surface area contributed by atoms with Crippen molar-refractivity contribution in [1.82, 2.24) is 4.90 Å². The lowest BCUT2D eigenvalue weighted by Crippen LogP contribution is -2.36. The largest absolute Gasteiger partial charge is 0.337 e. The summed E-state index contributed by atoms with van der Waals surface area (Å²) in [6.07, 6.45) is 2.02. The van der Waals surface area contributed by atoms with Gasteiger partial charge >= 0.3 is 0 Å². The molecule has 1 aromatic carbocycles. The summed E-state index contributed by atoms with van der Waals surface area (Å²) in [5.74, 6) is 0.387. The molecule has 18 heavy (non-hydrogen) atoms. The average molecular weight is 312 g/mol. The van der Waals surface area contributed by atoms with E-state index < -0.39 is 0 Å². The molecule has 1 amide bonds. The third-order valence-corrected chi connectivity index (χ3v) is 3.38. The number of carbonyl (C=O) groups excluding carboxylic acids is 1. The molecule has 0 aliphatic rings. The number of carbonyl (C=O) groups is 1. The molecule has 0 N–H and O–H groups in total. The molecule has 3 heteroatoms. The van der Waals surface area contributed by atoms with Gasteiger partial charge in [-0.1, -0.05) is 66.5 Å². The van der Waals surface area contributed by atoms with Crippen molar-refractivity contribution in [2.24, 2.45) is 5.92 Å². The van der Waals surface area contributed by atoms with Gasteiger partial charge in [-0.15, -0.1) is 0 Å². The van der Waals surface area contributed by atoms with Crippen LogP contribution in [0.1, 0.15) is 32.3 Å². The van der Waals surface area contributed by atoms with Crippen LogP contribution in [0.5, 0.6) is 0 Å². The molecule has 1 unspecified atom stereocenters. The normalized spacial score (nSPS) is 12.2. The summed E-state index contributed by atoms with van der Waals surface area (Å²) < 4.78 is 0. The molecular weight excluding hydrogens is 290 g/mol. The number of alkyl halides is 1. The van der Waals surface area contributed by atoms with Crippen molar-refractivity contribution < 1.29 is 4.79 Å². The van der Waals surface area contributed by atoms with Gasteiger partial charge in [0.2, 0.25) is 5.91 Å². The molecule has 1 rings (SSSR count). The average Bonchev–Trinajstić information content (AvgIpc) is 2.39. The second kappa shape index (κ2) is 8.30. The second-order valence-electron chi connectivity index (χ2n) is 4.62. The van der Waals surface area contributed by atoms with Crippen molar-refractivity contribution in [3.63, 3.8) is 0 Å². The van der Waals surface area contributed by atoms with Crippen LogP contribution in [0.2, 0.25) is 0 Å². The molecule has 0 saturated heterocycles. The van der Waals surface area contributed by atoms with Gasteiger partial charge in [-0.3, -0.25) is 4.79 Å². The van der Waals surface area contributed by atoms with Crippen molar-refractivity contribution in [3.8, 4) is 0 Å². The van der Waals surface area contributed by atoms with Gasteiger partial charge in [-0.05, 0) is 12.0 Å². The van der Waals surface area contributed by atoms with E-state index in [9.17, 15) is 4.79 Å². The van der Waals surface area contributed by atoms with Gasteiger partial charge in [0.25, 0.3) is 0 Å². The zero-order chi connectivity index (χ0) is 13.4. The van der Waals surface area contributed by atoms with Gasteiger partial charge in [0, 0.05) is 24.3 Å². The second-order valence-corrected chi connectivity index (χ2v) is 5.42. The maximum Gasteiger partial charge on any atom is 0.225 e. The number of benzene rings is 1. The molecule has 0 heterocycles. The van der Waals surface area contributed by atoms with E-state index in [0.29, 0.717) is 6.54 Å². The van der Waals surface area contributed by atoms with Crippen molar-refractivity contribution in [3.05, 3.63) is 35.9 Å². The Morgan fingerprint density at radius 2 is 2.00 bits per heavy atom. The van der Waals surface area contributed by atoms with E-state index in [4.69, 9.17) is 0 Å². The zero-order valence-electron chi connectivity index (χ0n) is 11.2. The Labute approximate surface area is 119 Å². The topological polar surface area (TPSA) is 20.3 Å². The minimum Gasteiger partial charge on any atom is -0.337 e. The number of halogens is 1. The van der Waals surface area contributed by atoms with Crippen molar-refractivity contribution in [2.75, 3.05) is 11.9 Å². The first-order chi connectivity index (χ1) is 8.69. The lowest BCUT2D eigenvalue weighted by molar-refractivity contribution is -0.135. The smallest absolute Gasteiger partial charge is 0.225 e. The molecule has 1 atom stereocenters. The van der Waals surface area contributed by atoms with Gasteiger partial charge in [-0.2, -0.15) is 0 Å². The maximum absolute atomic E-state index is 12.3. The fourth-order valence-corrected chi connectivity index (χ4v) is 2.47. The molecule has 0 bridgehead atoms. The summed E-state index contributed by atoms with van der Waals surface area (Å²) >= 11 is 3.43. The van der Waals surface area contributed by atoms with E-state index >= 15 is 0 Å². The maximum atomic E-state index is 12.3. The van der Waals surface area contributed by atoms with Crippen LogP contribution in [0.4, 0.5) is 0 Å². The minimum atomic E-state index is 0.123. The third kappa shape index (κ3) is 4.81. The lowest BCUT2D eigenvalue weighted by atomic mass is 10.0. The summed E-state index contributed by atoms with van der Waals surface area (Å²) in [5.41, 5.74) is 1.19. The molecule has 0 aliphatic carbocycles. The number of nitrogens with zero attached hydrogens (tertiary/aromatic N) is 1. The van der Waals surface area contributed by atoms with Crippen LogP contribution in [0.3, 0.4) is 0 Å². The first-order valence-electron chi connectivity index (χ1n) is 6.57. The summed E-state index contributed by atoms with van der Waals surface area (Å²) in [7, 11) is 0. The van der Waals surface area contributed by atoms with Crippen LogP contribution >= 0.6 is 15.9 Å². The summed E-state index contributed by atoms with van der Waals surface area (Å²) in [6.45, 7) is 5.62. The number of amides is 1. The fourth-order valence-electron chi connectivity index (χ4n) is 2.04. The van der Waals surface area contributed by atoms with Crippen molar-refractivity contribution >= 4 is 21.8 Å². The molecule has 0 spiro atoms. The molecule has 1 aromatic rings.